The van der Waals surface area contributed by atoms with Crippen molar-refractivity contribution in [2.45, 2.75) is 52.5 Å². The molecule has 5 rings (SSSR count). The summed E-state index contributed by atoms with van der Waals surface area (Å²) in [4.78, 5) is 26.5. The summed E-state index contributed by atoms with van der Waals surface area (Å²) in [6.07, 6.45) is 5.73. The summed E-state index contributed by atoms with van der Waals surface area (Å²) in [7, 11) is 4.11. The molecule has 0 unspecified atom stereocenters. The van der Waals surface area contributed by atoms with Crippen molar-refractivity contribution in [1.82, 2.24) is 29.4 Å². The van der Waals surface area contributed by atoms with Crippen LogP contribution in [0.25, 0.3) is 27.1 Å². The molecule has 8 heteroatoms. The van der Waals surface area contributed by atoms with Crippen LogP contribution in [0.15, 0.2) is 18.6 Å². The highest BCUT2D eigenvalue weighted by Gasteiger charge is 2.28. The summed E-state index contributed by atoms with van der Waals surface area (Å²) in [6, 6.07) is 2.36. The molecule has 0 aliphatic carbocycles. The van der Waals surface area contributed by atoms with Gasteiger partial charge in [-0.25, -0.2) is 9.50 Å². The number of nitrogens with zero attached hydrogens (tertiary/aromatic N) is 5. The number of likely N-dealkylation sites (tertiary alicyclic amines) is 1. The first kappa shape index (κ1) is 22.1. The molecule has 7 nitrogen and oxygen atoms in total. The number of amides is 1. The molecule has 1 amide bonds. The fraction of sp³-hybridized carbons (Fsp3) is 0.480. The summed E-state index contributed by atoms with van der Waals surface area (Å²) in [6.45, 7) is 10.8. The number of pyridine rings is 1. The van der Waals surface area contributed by atoms with Crippen molar-refractivity contribution in [2.75, 3.05) is 27.2 Å². The Labute approximate surface area is 198 Å². The maximum atomic E-state index is 13.3. The van der Waals surface area contributed by atoms with Crippen molar-refractivity contribution >= 4 is 33.1 Å². The topological polar surface area (TPSA) is 69.5 Å². The Kier molecular flexibility index (Phi) is 5.53. The zero-order valence-corrected chi connectivity index (χ0v) is 21.1. The monoisotopic (exact) mass is 464 g/mol. The predicted molar refractivity (Wildman–Crippen MR) is 134 cm³/mol. The van der Waals surface area contributed by atoms with Crippen LogP contribution in [0.4, 0.5) is 0 Å². The van der Waals surface area contributed by atoms with Crippen molar-refractivity contribution in [2.24, 2.45) is 0 Å². The summed E-state index contributed by atoms with van der Waals surface area (Å²) < 4.78 is 3.03. The first-order valence-corrected chi connectivity index (χ1v) is 12.5. The number of hydrogen-bond acceptors (Lipinski definition) is 5. The van der Waals surface area contributed by atoms with Gasteiger partial charge in [0.15, 0.2) is 5.65 Å². The van der Waals surface area contributed by atoms with Crippen molar-refractivity contribution in [1.29, 1.82) is 0 Å². The molecule has 1 saturated heterocycles. The molecule has 0 atom stereocenters. The first-order valence-electron chi connectivity index (χ1n) is 11.7. The highest BCUT2D eigenvalue weighted by Crippen LogP contribution is 2.41. The van der Waals surface area contributed by atoms with E-state index in [-0.39, 0.29) is 5.91 Å². The lowest BCUT2D eigenvalue weighted by Gasteiger charge is -2.34. The molecule has 4 aromatic rings. The van der Waals surface area contributed by atoms with Crippen molar-refractivity contribution in [3.63, 3.8) is 0 Å². The average molecular weight is 465 g/mol. The third-order valence-corrected chi connectivity index (χ3v) is 8.40. The van der Waals surface area contributed by atoms with Crippen LogP contribution in [0.5, 0.6) is 0 Å². The summed E-state index contributed by atoms with van der Waals surface area (Å²) in [5, 5.41) is 4.37. The van der Waals surface area contributed by atoms with Gasteiger partial charge in [-0.15, -0.1) is 11.3 Å². The number of aromatic amines is 1. The van der Waals surface area contributed by atoms with Crippen LogP contribution in [0, 0.1) is 13.8 Å². The number of carbonyl (C=O) groups excluding carboxylic acids is 1. The Balaban J connectivity index is 1.55. The number of carbonyl (C=O) groups is 1. The van der Waals surface area contributed by atoms with E-state index in [1.807, 2.05) is 22.5 Å². The van der Waals surface area contributed by atoms with Crippen LogP contribution in [0.2, 0.25) is 0 Å². The third-order valence-electron chi connectivity index (χ3n) is 7.25. The number of thiophene rings is 1. The smallest absolute Gasteiger partial charge is 0.264 e. The predicted octanol–water partition coefficient (Wildman–Crippen LogP) is 4.85. The number of aromatic nitrogens is 4. The number of piperidine rings is 1. The fourth-order valence-electron chi connectivity index (χ4n) is 5.04. The summed E-state index contributed by atoms with van der Waals surface area (Å²) >= 11 is 1.62. The molecule has 174 valence electrons. The number of rotatable bonds is 4. The van der Waals surface area contributed by atoms with Gasteiger partial charge in [-0.2, -0.15) is 5.10 Å². The Morgan fingerprint density at radius 2 is 1.97 bits per heavy atom. The van der Waals surface area contributed by atoms with Gasteiger partial charge in [0.05, 0.1) is 20.8 Å². The minimum Gasteiger partial charge on any atom is -0.353 e. The zero-order chi connectivity index (χ0) is 23.4. The van der Waals surface area contributed by atoms with Gasteiger partial charge in [0, 0.05) is 24.8 Å². The lowest BCUT2D eigenvalue weighted by molar-refractivity contribution is 0.0664. The molecule has 0 radical (unpaired) electrons. The molecular weight excluding hydrogens is 432 g/mol. The molecule has 0 bridgehead atoms. The van der Waals surface area contributed by atoms with E-state index < -0.39 is 0 Å². The highest BCUT2D eigenvalue weighted by molar-refractivity contribution is 7.21. The normalized spacial score (nSPS) is 15.8. The van der Waals surface area contributed by atoms with Gasteiger partial charge in [0.2, 0.25) is 0 Å². The molecule has 4 aromatic heterocycles. The Morgan fingerprint density at radius 1 is 1.24 bits per heavy atom. The Morgan fingerprint density at radius 3 is 2.67 bits per heavy atom. The highest BCUT2D eigenvalue weighted by atomic mass is 32.1. The van der Waals surface area contributed by atoms with Crippen LogP contribution >= 0.6 is 11.3 Å². The van der Waals surface area contributed by atoms with Crippen molar-refractivity contribution < 1.29 is 4.79 Å². The first-order chi connectivity index (χ1) is 15.8. The van der Waals surface area contributed by atoms with E-state index >= 15 is 0 Å². The Bertz CT molecular complexity index is 1340. The number of aryl methyl sites for hydroxylation is 1. The fourth-order valence-corrected chi connectivity index (χ4v) is 6.34. The maximum Gasteiger partial charge on any atom is 0.264 e. The van der Waals surface area contributed by atoms with E-state index in [1.54, 1.807) is 17.7 Å². The maximum absolute atomic E-state index is 13.3. The van der Waals surface area contributed by atoms with Crippen LogP contribution < -0.4 is 0 Å². The molecule has 0 spiro atoms. The molecule has 1 fully saturated rings. The molecule has 1 aliphatic rings. The van der Waals surface area contributed by atoms with Crippen LogP contribution in [-0.4, -0.2) is 68.5 Å². The second-order valence-electron chi connectivity index (χ2n) is 9.69. The summed E-state index contributed by atoms with van der Waals surface area (Å²) in [5.41, 5.74) is 7.77. The van der Waals surface area contributed by atoms with Gasteiger partial charge >= 0.3 is 0 Å². The van der Waals surface area contributed by atoms with Gasteiger partial charge in [-0.05, 0) is 75.5 Å². The minimum absolute atomic E-state index is 0.131. The SMILES string of the molecule is Cc1c(-c2[nH]c3cc(C(=O)N(C)C4CCN(C)CC4)sc3c2C(C)C)cn2ncnc2c1C. The largest absolute Gasteiger partial charge is 0.353 e. The number of nitrogens with one attached hydrogen (secondary N) is 1. The van der Waals surface area contributed by atoms with Gasteiger partial charge in [0.1, 0.15) is 6.33 Å². The molecule has 1 N–H and O–H groups in total. The number of fused-ring (bicyclic) bond motifs is 2. The van der Waals surface area contributed by atoms with Crippen molar-refractivity contribution in [3.8, 4) is 11.3 Å². The lowest BCUT2D eigenvalue weighted by Crippen LogP contribution is -2.44. The second kappa shape index (κ2) is 8.25. The molecular formula is C25H32N6OS. The molecule has 0 saturated carbocycles. The number of hydrogen-bond donors (Lipinski definition) is 1. The molecule has 1 aliphatic heterocycles. The van der Waals surface area contributed by atoms with E-state index in [1.165, 1.54) is 15.8 Å². The van der Waals surface area contributed by atoms with E-state index in [2.05, 4.69) is 60.9 Å². The zero-order valence-electron chi connectivity index (χ0n) is 20.3. The van der Waals surface area contributed by atoms with E-state index in [9.17, 15) is 4.79 Å². The van der Waals surface area contributed by atoms with Crippen LogP contribution in [0.1, 0.15) is 59.0 Å². The molecule has 33 heavy (non-hydrogen) atoms. The second-order valence-corrected chi connectivity index (χ2v) is 10.7. The van der Waals surface area contributed by atoms with E-state index in [4.69, 9.17) is 0 Å². The Hall–Kier alpha value is -2.71. The molecule has 5 heterocycles. The van der Waals surface area contributed by atoms with Gasteiger partial charge in [-0.1, -0.05) is 13.8 Å². The van der Waals surface area contributed by atoms with Crippen molar-refractivity contribution in [3.05, 3.63) is 40.2 Å². The van der Waals surface area contributed by atoms with Gasteiger partial charge in [-0.3, -0.25) is 4.79 Å². The van der Waals surface area contributed by atoms with Gasteiger partial charge < -0.3 is 14.8 Å². The average Bonchev–Trinajstić information content (AvgIpc) is 3.49. The quantitative estimate of drug-likeness (QED) is 0.469. The van der Waals surface area contributed by atoms with Gasteiger partial charge in [0.25, 0.3) is 5.91 Å². The standard InChI is InChI=1S/C25H32N6OS/c1-14(2)21-22(18-12-31-24(26-13-27-31)16(4)15(18)3)28-19-11-20(33-23(19)21)25(32)30(6)17-7-9-29(5)10-8-17/h11-14,17,28H,7-10H2,1-6H3. The minimum atomic E-state index is 0.131. The lowest BCUT2D eigenvalue weighted by atomic mass is 9.96. The van der Waals surface area contributed by atoms with Crippen LogP contribution in [0.3, 0.4) is 0 Å². The summed E-state index contributed by atoms with van der Waals surface area (Å²) in [5.74, 6) is 0.444. The van der Waals surface area contributed by atoms with Crippen LogP contribution in [-0.2, 0) is 0 Å². The molecule has 0 aromatic carbocycles. The number of H-pyrrole nitrogens is 1. The third kappa shape index (κ3) is 3.65. The van der Waals surface area contributed by atoms with E-state index in [0.717, 1.165) is 58.8 Å². The van der Waals surface area contributed by atoms with E-state index in [0.29, 0.717) is 12.0 Å².